The molecular weight excluding hydrogens is 448 g/mol. The first kappa shape index (κ1) is 32.1. The SMILES string of the molecule is CC(CNC(=O)OC(C)(C)C)NC(=O)C(CC=O)NC(=O)CCc1ccccc1.CNC(C)(C)C. The van der Waals surface area contributed by atoms with Gasteiger partial charge in [0.05, 0.1) is 0 Å². The van der Waals surface area contributed by atoms with Crippen LogP contribution >= 0.6 is 0 Å². The zero-order chi connectivity index (χ0) is 27.1. The molecule has 0 spiro atoms. The van der Waals surface area contributed by atoms with Crippen LogP contribution in [-0.4, -0.2) is 61.0 Å². The Kier molecular flexibility index (Phi) is 14.5. The first-order valence-corrected chi connectivity index (χ1v) is 11.9. The summed E-state index contributed by atoms with van der Waals surface area (Å²) in [4.78, 5) is 47.1. The fourth-order valence-corrected chi connectivity index (χ4v) is 2.44. The van der Waals surface area contributed by atoms with Crippen molar-refractivity contribution in [3.05, 3.63) is 35.9 Å². The van der Waals surface area contributed by atoms with Crippen molar-refractivity contribution in [1.29, 1.82) is 0 Å². The molecule has 0 saturated heterocycles. The van der Waals surface area contributed by atoms with Crippen LogP contribution < -0.4 is 21.3 Å². The van der Waals surface area contributed by atoms with E-state index in [4.69, 9.17) is 4.74 Å². The van der Waals surface area contributed by atoms with Gasteiger partial charge < -0.3 is 30.8 Å². The third-order valence-corrected chi connectivity index (χ3v) is 4.56. The number of carbonyl (C=O) groups is 4. The lowest BCUT2D eigenvalue weighted by Gasteiger charge is -2.22. The molecule has 1 rings (SSSR count). The minimum Gasteiger partial charge on any atom is -0.444 e. The lowest BCUT2D eigenvalue weighted by Crippen LogP contribution is -2.51. The number of rotatable bonds is 10. The minimum absolute atomic E-state index is 0.130. The third kappa shape index (κ3) is 18.1. The van der Waals surface area contributed by atoms with Crippen molar-refractivity contribution in [2.24, 2.45) is 0 Å². The largest absolute Gasteiger partial charge is 0.444 e. The van der Waals surface area contributed by atoms with Crippen molar-refractivity contribution in [1.82, 2.24) is 21.3 Å². The van der Waals surface area contributed by atoms with E-state index in [1.165, 1.54) is 0 Å². The van der Waals surface area contributed by atoms with Gasteiger partial charge in [0.2, 0.25) is 11.8 Å². The number of aryl methyl sites for hydroxylation is 1. The van der Waals surface area contributed by atoms with Gasteiger partial charge in [-0.25, -0.2) is 4.79 Å². The van der Waals surface area contributed by atoms with E-state index in [2.05, 4.69) is 42.0 Å². The van der Waals surface area contributed by atoms with Gasteiger partial charge in [0.1, 0.15) is 17.9 Å². The number of amides is 3. The number of hydrogen-bond donors (Lipinski definition) is 4. The molecule has 0 aliphatic heterocycles. The van der Waals surface area contributed by atoms with Crippen LogP contribution in [0.25, 0.3) is 0 Å². The molecule has 0 aromatic heterocycles. The highest BCUT2D eigenvalue weighted by molar-refractivity contribution is 5.89. The quantitative estimate of drug-likeness (QED) is 0.372. The first-order chi connectivity index (χ1) is 16.2. The molecule has 4 N–H and O–H groups in total. The Morgan fingerprint density at radius 2 is 1.57 bits per heavy atom. The number of ether oxygens (including phenoxy) is 1. The van der Waals surface area contributed by atoms with E-state index in [0.717, 1.165) is 5.56 Å². The van der Waals surface area contributed by atoms with E-state index < -0.39 is 29.7 Å². The second-order valence-electron chi connectivity index (χ2n) is 10.3. The molecule has 0 heterocycles. The highest BCUT2D eigenvalue weighted by Gasteiger charge is 2.22. The fraction of sp³-hybridized carbons (Fsp3) is 0.615. The van der Waals surface area contributed by atoms with Crippen molar-refractivity contribution >= 4 is 24.2 Å². The van der Waals surface area contributed by atoms with Crippen LogP contribution in [0.2, 0.25) is 0 Å². The molecule has 0 radical (unpaired) electrons. The number of aldehydes is 1. The molecule has 35 heavy (non-hydrogen) atoms. The summed E-state index contributed by atoms with van der Waals surface area (Å²) in [7, 11) is 1.96. The molecule has 198 valence electrons. The molecule has 0 aliphatic carbocycles. The average molecular weight is 493 g/mol. The van der Waals surface area contributed by atoms with Crippen LogP contribution in [0, 0.1) is 0 Å². The Balaban J connectivity index is 0.00000170. The number of hydrogen-bond acceptors (Lipinski definition) is 6. The highest BCUT2D eigenvalue weighted by atomic mass is 16.6. The van der Waals surface area contributed by atoms with Gasteiger partial charge in [0.25, 0.3) is 0 Å². The smallest absolute Gasteiger partial charge is 0.407 e. The van der Waals surface area contributed by atoms with E-state index in [9.17, 15) is 19.2 Å². The summed E-state index contributed by atoms with van der Waals surface area (Å²) in [5, 5.41) is 10.9. The van der Waals surface area contributed by atoms with E-state index in [1.807, 2.05) is 37.4 Å². The van der Waals surface area contributed by atoms with Crippen molar-refractivity contribution in [3.63, 3.8) is 0 Å². The molecule has 1 aromatic carbocycles. The van der Waals surface area contributed by atoms with E-state index in [1.54, 1.807) is 27.7 Å². The molecule has 1 aromatic rings. The highest BCUT2D eigenvalue weighted by Crippen LogP contribution is 2.06. The van der Waals surface area contributed by atoms with Gasteiger partial charge in [-0.2, -0.15) is 0 Å². The second kappa shape index (κ2) is 15.9. The van der Waals surface area contributed by atoms with Crippen molar-refractivity contribution in [2.45, 2.75) is 91.0 Å². The van der Waals surface area contributed by atoms with Gasteiger partial charge in [-0.3, -0.25) is 9.59 Å². The maximum Gasteiger partial charge on any atom is 0.407 e. The lowest BCUT2D eigenvalue weighted by atomic mass is 10.1. The summed E-state index contributed by atoms with van der Waals surface area (Å²) >= 11 is 0. The van der Waals surface area contributed by atoms with Crippen molar-refractivity contribution < 1.29 is 23.9 Å². The van der Waals surface area contributed by atoms with Crippen LogP contribution in [0.1, 0.15) is 66.9 Å². The zero-order valence-corrected chi connectivity index (χ0v) is 22.5. The Labute approximate surface area is 210 Å². The minimum atomic E-state index is -0.959. The normalized spacial score (nSPS) is 12.8. The zero-order valence-electron chi connectivity index (χ0n) is 22.5. The molecule has 0 fully saturated rings. The van der Waals surface area contributed by atoms with Crippen LogP contribution in [0.15, 0.2) is 30.3 Å². The maximum atomic E-state index is 12.4. The molecule has 0 aliphatic rings. The molecule has 9 heteroatoms. The van der Waals surface area contributed by atoms with E-state index in [0.29, 0.717) is 18.2 Å². The topological polar surface area (TPSA) is 126 Å². The molecule has 9 nitrogen and oxygen atoms in total. The maximum absolute atomic E-state index is 12.4. The summed E-state index contributed by atoms with van der Waals surface area (Å²) in [5.74, 6) is -0.793. The van der Waals surface area contributed by atoms with Crippen LogP contribution in [0.3, 0.4) is 0 Å². The van der Waals surface area contributed by atoms with Gasteiger partial charge in [-0.15, -0.1) is 0 Å². The molecular formula is C26H44N4O5. The Hall–Kier alpha value is -2.94. The fourth-order valence-electron chi connectivity index (χ4n) is 2.44. The molecule has 2 unspecified atom stereocenters. The summed E-state index contributed by atoms with van der Waals surface area (Å²) in [5.41, 5.74) is 0.691. The summed E-state index contributed by atoms with van der Waals surface area (Å²) in [6.07, 6.45) is 0.624. The third-order valence-electron chi connectivity index (χ3n) is 4.56. The van der Waals surface area contributed by atoms with Crippen LogP contribution in [-0.2, 0) is 25.5 Å². The summed E-state index contributed by atoms with van der Waals surface area (Å²) in [6, 6.07) is 8.15. The lowest BCUT2D eigenvalue weighted by molar-refractivity contribution is -0.130. The summed E-state index contributed by atoms with van der Waals surface area (Å²) < 4.78 is 5.13. The first-order valence-electron chi connectivity index (χ1n) is 11.9. The molecule has 0 bridgehead atoms. The monoisotopic (exact) mass is 492 g/mol. The predicted octanol–water partition coefficient (Wildman–Crippen LogP) is 2.73. The number of nitrogens with one attached hydrogen (secondary N) is 4. The molecule has 2 atom stereocenters. The van der Waals surface area contributed by atoms with Gasteiger partial charge >= 0.3 is 6.09 Å². The predicted molar refractivity (Wildman–Crippen MR) is 138 cm³/mol. The van der Waals surface area contributed by atoms with E-state index in [-0.39, 0.29) is 25.3 Å². The standard InChI is InChI=1S/C21H31N3O5.C5H13N/c1-15(14-22-20(28)29-21(2,3)4)23-19(27)17(12-13-25)24-18(26)11-10-16-8-6-5-7-9-16;1-5(2,3)6-4/h5-9,13,15,17H,10-12,14H2,1-4H3,(H,22,28)(H,23,27)(H,24,26);6H,1-4H3. The second-order valence-corrected chi connectivity index (χ2v) is 10.3. The van der Waals surface area contributed by atoms with Gasteiger partial charge in [0, 0.05) is 31.0 Å². The number of alkyl carbamates (subject to hydrolysis) is 1. The summed E-state index contributed by atoms with van der Waals surface area (Å²) in [6.45, 7) is 13.5. The Morgan fingerprint density at radius 3 is 2.06 bits per heavy atom. The van der Waals surface area contributed by atoms with Gasteiger partial charge in [0.15, 0.2) is 0 Å². The van der Waals surface area contributed by atoms with Crippen molar-refractivity contribution in [2.75, 3.05) is 13.6 Å². The number of carbonyl (C=O) groups excluding carboxylic acids is 4. The van der Waals surface area contributed by atoms with E-state index >= 15 is 0 Å². The van der Waals surface area contributed by atoms with Crippen LogP contribution in [0.5, 0.6) is 0 Å². The number of benzene rings is 1. The van der Waals surface area contributed by atoms with Gasteiger partial charge in [-0.1, -0.05) is 30.3 Å². The van der Waals surface area contributed by atoms with Crippen molar-refractivity contribution in [3.8, 4) is 0 Å². The Morgan fingerprint density at radius 1 is 1.00 bits per heavy atom. The molecule has 0 saturated carbocycles. The van der Waals surface area contributed by atoms with Crippen LogP contribution in [0.4, 0.5) is 4.79 Å². The van der Waals surface area contributed by atoms with Gasteiger partial charge in [-0.05, 0) is 67.5 Å². The average Bonchev–Trinajstić information content (AvgIpc) is 2.75. The Bertz CT molecular complexity index is 785. The molecule has 3 amide bonds.